The fourth-order valence-electron chi connectivity index (χ4n) is 4.62. The highest BCUT2D eigenvalue weighted by Crippen LogP contribution is 2.51. The minimum atomic E-state index is -0.0798. The Morgan fingerprint density at radius 1 is 1.00 bits per heavy atom. The van der Waals surface area contributed by atoms with E-state index < -0.39 is 0 Å². The Hall–Kier alpha value is -2.93. The molecule has 1 aliphatic heterocycles. The van der Waals surface area contributed by atoms with E-state index in [0.29, 0.717) is 22.6 Å². The van der Waals surface area contributed by atoms with Gasteiger partial charge in [-0.1, -0.05) is 22.0 Å². The number of rotatable bonds is 6. The predicted octanol–water partition coefficient (Wildman–Crippen LogP) is 5.26. The average Bonchev–Trinajstić information content (AvgIpc) is 3.39. The van der Waals surface area contributed by atoms with E-state index in [1.54, 1.807) is 24.9 Å². The molecule has 0 amide bonds. The lowest BCUT2D eigenvalue weighted by molar-refractivity contribution is 0.174. The van der Waals surface area contributed by atoms with Crippen LogP contribution in [0.3, 0.4) is 0 Å². The van der Waals surface area contributed by atoms with Crippen LogP contribution in [0.15, 0.2) is 35.1 Å². The van der Waals surface area contributed by atoms with Gasteiger partial charge in [0.25, 0.3) is 5.56 Å². The van der Waals surface area contributed by atoms with Crippen molar-refractivity contribution in [2.75, 3.05) is 26.3 Å². The summed E-state index contributed by atoms with van der Waals surface area (Å²) in [6.07, 6.45) is 5.39. The number of allylic oxidation sites excluding steroid dienone is 1. The van der Waals surface area contributed by atoms with Gasteiger partial charge in [-0.15, -0.1) is 0 Å². The predicted molar refractivity (Wildman–Crippen MR) is 129 cm³/mol. The van der Waals surface area contributed by atoms with Crippen LogP contribution in [0.1, 0.15) is 30.4 Å². The standard InChI is InChI=1S/C25H24BrNO5/c1-27-24-17-11-22-21(31-13-32-22)9-15(17)14(7-5-4-6-8-26)23(24)16-10-19(29-2)20(30-3)12-18(16)25(27)28/h7,9-12H,4-6,8,13H2,1-3H3/b14-7-. The lowest BCUT2D eigenvalue weighted by Gasteiger charge is -2.15. The molecular formula is C25H24BrNO5. The third kappa shape index (κ3) is 3.10. The first-order valence-corrected chi connectivity index (χ1v) is 11.7. The normalized spacial score (nSPS) is 14.7. The Morgan fingerprint density at radius 3 is 2.31 bits per heavy atom. The van der Waals surface area contributed by atoms with Crippen LogP contribution >= 0.6 is 15.9 Å². The van der Waals surface area contributed by atoms with Crippen LogP contribution < -0.4 is 24.5 Å². The van der Waals surface area contributed by atoms with Crippen LogP contribution in [0.5, 0.6) is 23.0 Å². The highest BCUT2D eigenvalue weighted by Gasteiger charge is 2.32. The minimum Gasteiger partial charge on any atom is -0.493 e. The fraction of sp³-hybridized carbons (Fsp3) is 0.320. The molecule has 2 aromatic carbocycles. The molecule has 0 N–H and O–H groups in total. The fourth-order valence-corrected chi connectivity index (χ4v) is 5.02. The smallest absolute Gasteiger partial charge is 0.258 e. The molecule has 7 heteroatoms. The molecule has 0 atom stereocenters. The van der Waals surface area contributed by atoms with Gasteiger partial charge in [0.05, 0.1) is 25.3 Å². The summed E-state index contributed by atoms with van der Waals surface area (Å²) in [5.74, 6) is 2.57. The van der Waals surface area contributed by atoms with Gasteiger partial charge in [0, 0.05) is 28.9 Å². The van der Waals surface area contributed by atoms with Gasteiger partial charge >= 0.3 is 0 Å². The molecule has 0 saturated heterocycles. The summed E-state index contributed by atoms with van der Waals surface area (Å²) in [7, 11) is 5.00. The van der Waals surface area contributed by atoms with E-state index in [9.17, 15) is 4.79 Å². The quantitative estimate of drug-likeness (QED) is 0.268. The van der Waals surface area contributed by atoms with Gasteiger partial charge in [-0.05, 0) is 54.7 Å². The number of benzene rings is 2. The maximum absolute atomic E-state index is 13.4. The van der Waals surface area contributed by atoms with Crippen molar-refractivity contribution in [3.63, 3.8) is 0 Å². The zero-order valence-corrected chi connectivity index (χ0v) is 19.9. The lowest BCUT2D eigenvalue weighted by Crippen LogP contribution is -2.19. The molecule has 0 bridgehead atoms. The van der Waals surface area contributed by atoms with Gasteiger partial charge in [0.1, 0.15) is 0 Å². The molecule has 2 aliphatic rings. The van der Waals surface area contributed by atoms with Crippen molar-refractivity contribution < 1.29 is 18.9 Å². The van der Waals surface area contributed by atoms with Crippen molar-refractivity contribution in [2.24, 2.45) is 7.05 Å². The van der Waals surface area contributed by atoms with Crippen LogP contribution in [-0.2, 0) is 7.05 Å². The number of ether oxygens (including phenoxy) is 4. The first-order valence-electron chi connectivity index (χ1n) is 10.6. The van der Waals surface area contributed by atoms with Crippen molar-refractivity contribution in [1.29, 1.82) is 0 Å². The molecule has 5 rings (SSSR count). The van der Waals surface area contributed by atoms with Gasteiger partial charge in [0.15, 0.2) is 23.0 Å². The zero-order chi connectivity index (χ0) is 22.4. The Labute approximate surface area is 194 Å². The van der Waals surface area contributed by atoms with Gasteiger partial charge in [-0.2, -0.15) is 0 Å². The number of methoxy groups -OCH3 is 2. The van der Waals surface area contributed by atoms with Crippen LogP contribution in [0.25, 0.3) is 27.6 Å². The third-order valence-corrected chi connectivity index (χ3v) is 6.72. The van der Waals surface area contributed by atoms with Crippen LogP contribution in [0.2, 0.25) is 0 Å². The summed E-state index contributed by atoms with van der Waals surface area (Å²) < 4.78 is 24.1. The molecule has 1 aliphatic carbocycles. The lowest BCUT2D eigenvalue weighted by atomic mass is 9.97. The monoisotopic (exact) mass is 497 g/mol. The maximum Gasteiger partial charge on any atom is 0.258 e. The summed E-state index contributed by atoms with van der Waals surface area (Å²) >= 11 is 3.51. The van der Waals surface area contributed by atoms with E-state index in [2.05, 4.69) is 22.0 Å². The summed E-state index contributed by atoms with van der Waals surface area (Å²) in [4.78, 5) is 13.4. The summed E-state index contributed by atoms with van der Waals surface area (Å²) in [5.41, 5.74) is 4.97. The van der Waals surface area contributed by atoms with Crippen molar-refractivity contribution in [3.05, 3.63) is 51.8 Å². The number of hydrogen-bond acceptors (Lipinski definition) is 5. The number of halogens is 1. The van der Waals surface area contributed by atoms with E-state index >= 15 is 0 Å². The van der Waals surface area contributed by atoms with Gasteiger partial charge < -0.3 is 23.5 Å². The Kier molecular flexibility index (Phi) is 5.37. The second-order valence-electron chi connectivity index (χ2n) is 7.89. The second kappa shape index (κ2) is 8.20. The molecule has 2 heterocycles. The molecule has 0 fully saturated rings. The molecule has 32 heavy (non-hydrogen) atoms. The van der Waals surface area contributed by atoms with Gasteiger partial charge in [0.2, 0.25) is 6.79 Å². The molecular weight excluding hydrogens is 474 g/mol. The molecule has 6 nitrogen and oxygen atoms in total. The van der Waals surface area contributed by atoms with Crippen LogP contribution in [-0.4, -0.2) is 30.9 Å². The number of aromatic nitrogens is 1. The Bertz CT molecular complexity index is 1320. The van der Waals surface area contributed by atoms with Crippen molar-refractivity contribution in [1.82, 2.24) is 4.57 Å². The number of unbranched alkanes of at least 4 members (excludes halogenated alkanes) is 2. The van der Waals surface area contributed by atoms with Crippen molar-refractivity contribution in [2.45, 2.75) is 19.3 Å². The summed E-state index contributed by atoms with van der Waals surface area (Å²) in [6.45, 7) is 0.211. The first kappa shape index (κ1) is 20.9. The number of hydrogen-bond donors (Lipinski definition) is 0. The highest BCUT2D eigenvalue weighted by molar-refractivity contribution is 9.09. The zero-order valence-electron chi connectivity index (χ0n) is 18.3. The minimum absolute atomic E-state index is 0.0798. The number of fused-ring (bicyclic) bond motifs is 6. The Balaban J connectivity index is 1.84. The number of nitrogens with zero attached hydrogens (tertiary/aromatic N) is 1. The second-order valence-corrected chi connectivity index (χ2v) is 8.69. The van der Waals surface area contributed by atoms with Crippen molar-refractivity contribution in [3.8, 4) is 34.3 Å². The number of pyridine rings is 1. The highest BCUT2D eigenvalue weighted by atomic mass is 79.9. The average molecular weight is 498 g/mol. The largest absolute Gasteiger partial charge is 0.493 e. The van der Waals surface area contributed by atoms with Crippen LogP contribution in [0, 0.1) is 0 Å². The molecule has 166 valence electrons. The molecule has 1 aromatic heterocycles. The van der Waals surface area contributed by atoms with E-state index in [1.165, 1.54) is 0 Å². The summed E-state index contributed by atoms with van der Waals surface area (Å²) in [6, 6.07) is 7.70. The Morgan fingerprint density at radius 2 is 1.66 bits per heavy atom. The SMILES string of the molecule is COc1cc2c3c(n(C)c(=O)c2cc1OC)-c1cc2c(cc1/C3=C/CCCCBr)OCO2. The van der Waals surface area contributed by atoms with E-state index in [4.69, 9.17) is 18.9 Å². The van der Waals surface area contributed by atoms with Crippen LogP contribution in [0.4, 0.5) is 0 Å². The van der Waals surface area contributed by atoms with Crippen molar-refractivity contribution >= 4 is 32.3 Å². The van der Waals surface area contributed by atoms with E-state index in [-0.39, 0.29) is 12.4 Å². The van der Waals surface area contributed by atoms with Gasteiger partial charge in [-0.25, -0.2) is 0 Å². The molecule has 0 spiro atoms. The molecule has 3 aromatic rings. The molecule has 0 radical (unpaired) electrons. The number of alkyl halides is 1. The van der Waals surface area contributed by atoms with Gasteiger partial charge in [-0.3, -0.25) is 4.79 Å². The molecule has 0 unspecified atom stereocenters. The third-order valence-electron chi connectivity index (χ3n) is 6.16. The van der Waals surface area contributed by atoms with E-state index in [1.807, 2.05) is 25.2 Å². The summed E-state index contributed by atoms with van der Waals surface area (Å²) in [5, 5.41) is 2.44. The first-order chi connectivity index (χ1) is 15.6. The maximum atomic E-state index is 13.4. The van der Waals surface area contributed by atoms with E-state index in [0.717, 1.165) is 63.7 Å². The topological polar surface area (TPSA) is 58.9 Å². The molecule has 0 saturated carbocycles.